The largest absolute Gasteiger partial charge is 0.385 e. The van der Waals surface area contributed by atoms with Gasteiger partial charge in [-0.3, -0.25) is 11.3 Å². The van der Waals surface area contributed by atoms with Gasteiger partial charge in [0.25, 0.3) is 0 Å². The summed E-state index contributed by atoms with van der Waals surface area (Å²) in [5, 5.41) is 0. The lowest BCUT2D eigenvalue weighted by atomic mass is 9.76. The van der Waals surface area contributed by atoms with Crippen molar-refractivity contribution in [2.75, 3.05) is 13.7 Å². The third kappa shape index (κ3) is 3.77. The molecule has 0 saturated carbocycles. The molecule has 0 radical (unpaired) electrons. The van der Waals surface area contributed by atoms with Gasteiger partial charge in [-0.05, 0) is 30.5 Å². The molecule has 0 aliphatic heterocycles. The highest BCUT2D eigenvalue weighted by atomic mass is 19.1. The molecule has 0 aromatic heterocycles. The number of hydrazine groups is 1. The molecule has 102 valence electrons. The quantitative estimate of drug-likeness (QED) is 0.446. The second-order valence-corrected chi connectivity index (χ2v) is 5.08. The van der Waals surface area contributed by atoms with Crippen LogP contribution in [0.5, 0.6) is 0 Å². The van der Waals surface area contributed by atoms with E-state index in [2.05, 4.69) is 19.3 Å². The molecule has 0 aliphatic rings. The van der Waals surface area contributed by atoms with Gasteiger partial charge in [0.1, 0.15) is 5.82 Å². The van der Waals surface area contributed by atoms with Crippen molar-refractivity contribution in [3.05, 3.63) is 35.6 Å². The zero-order valence-electron chi connectivity index (χ0n) is 11.4. The highest BCUT2D eigenvalue weighted by Gasteiger charge is 2.30. The van der Waals surface area contributed by atoms with Gasteiger partial charge in [-0.15, -0.1) is 0 Å². The van der Waals surface area contributed by atoms with Crippen LogP contribution in [-0.2, 0) is 10.2 Å². The van der Waals surface area contributed by atoms with Crippen molar-refractivity contribution in [1.29, 1.82) is 0 Å². The van der Waals surface area contributed by atoms with Gasteiger partial charge in [-0.25, -0.2) is 4.39 Å². The smallest absolute Gasteiger partial charge is 0.123 e. The average molecular weight is 254 g/mol. The first-order valence-corrected chi connectivity index (χ1v) is 6.23. The SMILES string of the molecule is COCCCC(NN)C(C)(C)c1ccc(F)cc1. The molecule has 1 aromatic carbocycles. The van der Waals surface area contributed by atoms with Crippen LogP contribution in [0, 0.1) is 5.82 Å². The molecule has 0 aliphatic carbocycles. The fourth-order valence-electron chi connectivity index (χ4n) is 2.16. The lowest BCUT2D eigenvalue weighted by Gasteiger charge is -2.34. The highest BCUT2D eigenvalue weighted by Crippen LogP contribution is 2.29. The first-order valence-electron chi connectivity index (χ1n) is 6.23. The number of rotatable bonds is 7. The summed E-state index contributed by atoms with van der Waals surface area (Å²) in [6.45, 7) is 4.94. The van der Waals surface area contributed by atoms with E-state index in [-0.39, 0.29) is 17.3 Å². The number of hydrogen-bond acceptors (Lipinski definition) is 3. The molecule has 0 amide bonds. The molecule has 0 bridgehead atoms. The van der Waals surface area contributed by atoms with Crippen LogP contribution in [0.15, 0.2) is 24.3 Å². The summed E-state index contributed by atoms with van der Waals surface area (Å²) in [5.41, 5.74) is 3.78. The van der Waals surface area contributed by atoms with E-state index in [1.54, 1.807) is 7.11 Å². The molecule has 4 heteroatoms. The monoisotopic (exact) mass is 254 g/mol. The minimum Gasteiger partial charge on any atom is -0.385 e. The molecular formula is C14H23FN2O. The first kappa shape index (κ1) is 15.1. The van der Waals surface area contributed by atoms with E-state index in [0.717, 1.165) is 25.0 Å². The van der Waals surface area contributed by atoms with Crippen LogP contribution >= 0.6 is 0 Å². The van der Waals surface area contributed by atoms with Crippen LogP contribution in [0.1, 0.15) is 32.3 Å². The minimum absolute atomic E-state index is 0.123. The van der Waals surface area contributed by atoms with Gasteiger partial charge in [0.05, 0.1) is 0 Å². The van der Waals surface area contributed by atoms with E-state index in [1.165, 1.54) is 12.1 Å². The summed E-state index contributed by atoms with van der Waals surface area (Å²) in [5.74, 6) is 5.43. The van der Waals surface area contributed by atoms with Gasteiger partial charge >= 0.3 is 0 Å². The zero-order chi connectivity index (χ0) is 13.6. The third-order valence-electron chi connectivity index (χ3n) is 3.50. The van der Waals surface area contributed by atoms with Crippen molar-refractivity contribution in [3.8, 4) is 0 Å². The van der Waals surface area contributed by atoms with Crippen LogP contribution in [0.25, 0.3) is 0 Å². The molecule has 0 saturated heterocycles. The van der Waals surface area contributed by atoms with Gasteiger partial charge in [0.2, 0.25) is 0 Å². The van der Waals surface area contributed by atoms with E-state index >= 15 is 0 Å². The van der Waals surface area contributed by atoms with Gasteiger partial charge in [0.15, 0.2) is 0 Å². The second kappa shape index (κ2) is 6.83. The number of nitrogens with one attached hydrogen (secondary N) is 1. The Labute approximate surface area is 108 Å². The summed E-state index contributed by atoms with van der Waals surface area (Å²) in [7, 11) is 1.69. The minimum atomic E-state index is -0.216. The van der Waals surface area contributed by atoms with E-state index in [4.69, 9.17) is 10.6 Å². The number of methoxy groups -OCH3 is 1. The maximum atomic E-state index is 12.9. The van der Waals surface area contributed by atoms with Gasteiger partial charge < -0.3 is 4.74 Å². The average Bonchev–Trinajstić information content (AvgIpc) is 2.35. The predicted molar refractivity (Wildman–Crippen MR) is 71.6 cm³/mol. The Bertz CT molecular complexity index is 351. The van der Waals surface area contributed by atoms with Gasteiger partial charge in [-0.1, -0.05) is 26.0 Å². The number of hydrogen-bond donors (Lipinski definition) is 2. The normalized spacial score (nSPS) is 13.6. The van der Waals surface area contributed by atoms with Crippen LogP contribution < -0.4 is 11.3 Å². The van der Waals surface area contributed by atoms with Gasteiger partial charge in [-0.2, -0.15) is 0 Å². The molecule has 3 nitrogen and oxygen atoms in total. The molecule has 1 rings (SSSR count). The van der Waals surface area contributed by atoms with Crippen LogP contribution in [0.3, 0.4) is 0 Å². The van der Waals surface area contributed by atoms with E-state index in [0.29, 0.717) is 0 Å². The van der Waals surface area contributed by atoms with Crippen molar-refractivity contribution in [1.82, 2.24) is 5.43 Å². The summed E-state index contributed by atoms with van der Waals surface area (Å²) in [6.07, 6.45) is 1.85. The fourth-order valence-corrected chi connectivity index (χ4v) is 2.16. The number of benzene rings is 1. The Kier molecular flexibility index (Phi) is 5.72. The van der Waals surface area contributed by atoms with Crippen molar-refractivity contribution in [3.63, 3.8) is 0 Å². The van der Waals surface area contributed by atoms with Crippen molar-refractivity contribution in [2.45, 2.75) is 38.1 Å². The molecule has 0 heterocycles. The molecular weight excluding hydrogens is 231 g/mol. The van der Waals surface area contributed by atoms with Crippen LogP contribution in [0.2, 0.25) is 0 Å². The molecule has 3 N–H and O–H groups in total. The fraction of sp³-hybridized carbons (Fsp3) is 0.571. The number of nitrogens with two attached hydrogens (primary N) is 1. The summed E-state index contributed by atoms with van der Waals surface area (Å²) in [4.78, 5) is 0. The van der Waals surface area contributed by atoms with Gasteiger partial charge in [0, 0.05) is 25.2 Å². The second-order valence-electron chi connectivity index (χ2n) is 5.08. The van der Waals surface area contributed by atoms with Crippen molar-refractivity contribution in [2.24, 2.45) is 5.84 Å². The van der Waals surface area contributed by atoms with E-state index < -0.39 is 0 Å². The van der Waals surface area contributed by atoms with Crippen molar-refractivity contribution < 1.29 is 9.13 Å². The standard InChI is InChI=1S/C14H23FN2O/c1-14(2,11-6-8-12(15)9-7-11)13(17-16)5-4-10-18-3/h6-9,13,17H,4-5,10,16H2,1-3H3. The molecule has 0 spiro atoms. The Balaban J connectivity index is 2.77. The summed E-state index contributed by atoms with van der Waals surface area (Å²) >= 11 is 0. The number of ether oxygens (including phenoxy) is 1. The highest BCUT2D eigenvalue weighted by molar-refractivity contribution is 5.26. The maximum Gasteiger partial charge on any atom is 0.123 e. The molecule has 18 heavy (non-hydrogen) atoms. The number of halogens is 1. The van der Waals surface area contributed by atoms with E-state index in [1.807, 2.05) is 12.1 Å². The molecule has 1 aromatic rings. The van der Waals surface area contributed by atoms with Crippen molar-refractivity contribution >= 4 is 0 Å². The molecule has 1 atom stereocenters. The topological polar surface area (TPSA) is 47.3 Å². The van der Waals surface area contributed by atoms with E-state index in [9.17, 15) is 4.39 Å². The maximum absolute atomic E-state index is 12.9. The zero-order valence-corrected chi connectivity index (χ0v) is 11.4. The summed E-state index contributed by atoms with van der Waals surface area (Å²) in [6, 6.07) is 6.73. The first-order chi connectivity index (χ1) is 8.52. The lowest BCUT2D eigenvalue weighted by molar-refractivity contribution is 0.182. The summed E-state index contributed by atoms with van der Waals surface area (Å²) < 4.78 is 18.0. The lowest BCUT2D eigenvalue weighted by Crippen LogP contribution is -2.48. The predicted octanol–water partition coefficient (Wildman–Crippen LogP) is 2.36. The Morgan fingerprint density at radius 2 is 1.94 bits per heavy atom. The van der Waals surface area contributed by atoms with Crippen LogP contribution in [0.4, 0.5) is 4.39 Å². The molecule has 0 fully saturated rings. The third-order valence-corrected chi connectivity index (χ3v) is 3.50. The Morgan fingerprint density at radius 1 is 1.33 bits per heavy atom. The Hall–Kier alpha value is -0.970. The Morgan fingerprint density at radius 3 is 2.44 bits per heavy atom. The van der Waals surface area contributed by atoms with Crippen LogP contribution in [-0.4, -0.2) is 19.8 Å². The molecule has 1 unspecified atom stereocenters.